The summed E-state index contributed by atoms with van der Waals surface area (Å²) in [4.78, 5) is 13.9. The number of nitrogen functional groups attached to an aromatic ring is 1. The van der Waals surface area contributed by atoms with Gasteiger partial charge >= 0.3 is 0 Å². The van der Waals surface area contributed by atoms with E-state index in [-0.39, 0.29) is 17.9 Å². The number of hydrogen-bond donors (Lipinski definition) is 2. The second-order valence-electron chi connectivity index (χ2n) is 5.80. The molecule has 0 saturated carbocycles. The largest absolute Gasteiger partial charge is 0.491 e. The van der Waals surface area contributed by atoms with Gasteiger partial charge in [0.05, 0.1) is 6.10 Å². The van der Waals surface area contributed by atoms with Gasteiger partial charge < -0.3 is 20.7 Å². The van der Waals surface area contributed by atoms with Gasteiger partial charge in [0.2, 0.25) is 5.91 Å². The molecule has 1 aliphatic rings. The number of piperidine rings is 1. The van der Waals surface area contributed by atoms with Crippen LogP contribution in [0.1, 0.15) is 26.7 Å². The quantitative estimate of drug-likeness (QED) is 0.833. The highest BCUT2D eigenvalue weighted by Crippen LogP contribution is 2.29. The lowest BCUT2D eigenvalue weighted by molar-refractivity contribution is -0.125. The molecule has 0 bridgehead atoms. The normalized spacial score (nSPS) is 16.1. The van der Waals surface area contributed by atoms with Crippen molar-refractivity contribution < 1.29 is 9.53 Å². The van der Waals surface area contributed by atoms with E-state index in [1.165, 1.54) is 0 Å². The predicted octanol–water partition coefficient (Wildman–Crippen LogP) is 2.02. The number of amides is 1. The Morgan fingerprint density at radius 1 is 1.33 bits per heavy atom. The number of carbonyl (C=O) groups excluding carboxylic acids is 1. The third kappa shape index (κ3) is 4.03. The fourth-order valence-electron chi connectivity index (χ4n) is 2.73. The number of nitrogens with two attached hydrogens (primary N) is 1. The Bertz CT molecular complexity index is 494. The van der Waals surface area contributed by atoms with E-state index < -0.39 is 0 Å². The molecule has 116 valence electrons. The fourth-order valence-corrected chi connectivity index (χ4v) is 2.73. The molecule has 0 aliphatic carbocycles. The second kappa shape index (κ2) is 6.70. The van der Waals surface area contributed by atoms with E-state index in [1.807, 2.05) is 32.0 Å². The van der Waals surface area contributed by atoms with Gasteiger partial charge in [-0.05, 0) is 32.8 Å². The maximum Gasteiger partial charge on any atom is 0.222 e. The van der Waals surface area contributed by atoms with Crippen LogP contribution in [0.15, 0.2) is 18.2 Å². The van der Waals surface area contributed by atoms with Gasteiger partial charge in [-0.2, -0.15) is 0 Å². The Hall–Kier alpha value is -1.91. The zero-order valence-electron chi connectivity index (χ0n) is 13.1. The molecule has 0 unspecified atom stereocenters. The van der Waals surface area contributed by atoms with Crippen LogP contribution in [-0.4, -0.2) is 32.1 Å². The Labute approximate surface area is 126 Å². The molecule has 1 saturated heterocycles. The molecule has 0 radical (unpaired) electrons. The summed E-state index contributed by atoms with van der Waals surface area (Å²) in [5.41, 5.74) is 7.74. The molecule has 0 atom stereocenters. The number of hydrogen-bond acceptors (Lipinski definition) is 4. The van der Waals surface area contributed by atoms with Crippen molar-refractivity contribution in [3.05, 3.63) is 18.2 Å². The van der Waals surface area contributed by atoms with Crippen molar-refractivity contribution >= 4 is 17.3 Å². The Morgan fingerprint density at radius 2 is 2.00 bits per heavy atom. The minimum atomic E-state index is 0.124. The lowest BCUT2D eigenvalue weighted by Gasteiger charge is -2.33. The van der Waals surface area contributed by atoms with Gasteiger partial charge in [0.1, 0.15) is 5.75 Å². The average Bonchev–Trinajstić information content (AvgIpc) is 2.45. The van der Waals surface area contributed by atoms with Gasteiger partial charge in [-0.15, -0.1) is 0 Å². The van der Waals surface area contributed by atoms with E-state index in [9.17, 15) is 4.79 Å². The molecule has 0 aromatic heterocycles. The molecule has 1 heterocycles. The van der Waals surface area contributed by atoms with Gasteiger partial charge in [0, 0.05) is 49.6 Å². The zero-order chi connectivity index (χ0) is 15.4. The molecule has 1 aliphatic heterocycles. The number of rotatable bonds is 4. The van der Waals surface area contributed by atoms with Crippen molar-refractivity contribution in [2.45, 2.75) is 32.8 Å². The van der Waals surface area contributed by atoms with Crippen molar-refractivity contribution in [2.24, 2.45) is 5.92 Å². The predicted molar refractivity (Wildman–Crippen MR) is 85.6 cm³/mol. The third-order valence-corrected chi connectivity index (χ3v) is 3.76. The lowest BCUT2D eigenvalue weighted by Crippen LogP contribution is -2.39. The highest BCUT2D eigenvalue weighted by Gasteiger charge is 2.24. The molecule has 1 fully saturated rings. The van der Waals surface area contributed by atoms with E-state index in [1.54, 1.807) is 7.05 Å². The number of anilines is 2. The van der Waals surface area contributed by atoms with Crippen molar-refractivity contribution in [1.29, 1.82) is 0 Å². The Balaban J connectivity index is 2.06. The molecule has 0 spiro atoms. The van der Waals surface area contributed by atoms with Crippen LogP contribution in [-0.2, 0) is 4.79 Å². The molecule has 21 heavy (non-hydrogen) atoms. The Kier molecular flexibility index (Phi) is 4.94. The van der Waals surface area contributed by atoms with Crippen molar-refractivity contribution in [3.8, 4) is 5.75 Å². The summed E-state index contributed by atoms with van der Waals surface area (Å²) >= 11 is 0. The SMILES string of the molecule is CNC(=O)C1CCN(c2cc(N)cc(OC(C)C)c2)CC1. The summed E-state index contributed by atoms with van der Waals surface area (Å²) in [6, 6.07) is 5.84. The number of carbonyl (C=O) groups is 1. The van der Waals surface area contributed by atoms with E-state index in [0.717, 1.165) is 37.4 Å². The first-order valence-electron chi connectivity index (χ1n) is 7.53. The molecule has 5 heteroatoms. The first-order chi connectivity index (χ1) is 9.99. The number of nitrogens with zero attached hydrogens (tertiary/aromatic N) is 1. The summed E-state index contributed by atoms with van der Waals surface area (Å²) in [5, 5.41) is 2.73. The first-order valence-corrected chi connectivity index (χ1v) is 7.53. The fraction of sp³-hybridized carbons (Fsp3) is 0.562. The van der Waals surface area contributed by atoms with Crippen LogP contribution in [0.4, 0.5) is 11.4 Å². The minimum Gasteiger partial charge on any atom is -0.491 e. The van der Waals surface area contributed by atoms with E-state index in [2.05, 4.69) is 10.2 Å². The van der Waals surface area contributed by atoms with Gasteiger partial charge in [-0.1, -0.05) is 0 Å². The molecular formula is C16H25N3O2. The number of nitrogens with one attached hydrogen (secondary N) is 1. The van der Waals surface area contributed by atoms with Crippen molar-refractivity contribution in [2.75, 3.05) is 30.8 Å². The molecule has 1 amide bonds. The summed E-state index contributed by atoms with van der Waals surface area (Å²) in [5.74, 6) is 1.07. The van der Waals surface area contributed by atoms with Crippen LogP contribution in [0.5, 0.6) is 5.75 Å². The average molecular weight is 291 g/mol. The Morgan fingerprint density at radius 3 is 2.57 bits per heavy atom. The summed E-state index contributed by atoms with van der Waals surface area (Å²) in [7, 11) is 1.70. The van der Waals surface area contributed by atoms with Crippen molar-refractivity contribution in [3.63, 3.8) is 0 Å². The number of benzene rings is 1. The second-order valence-corrected chi connectivity index (χ2v) is 5.80. The van der Waals surface area contributed by atoms with Crippen LogP contribution in [0.2, 0.25) is 0 Å². The molecule has 2 rings (SSSR count). The molecule has 1 aromatic rings. The van der Waals surface area contributed by atoms with E-state index in [4.69, 9.17) is 10.5 Å². The van der Waals surface area contributed by atoms with Crippen LogP contribution in [0.25, 0.3) is 0 Å². The standard InChI is InChI=1S/C16H25N3O2/c1-11(2)21-15-9-13(17)8-14(10-15)19-6-4-12(5-7-19)16(20)18-3/h8-12H,4-7,17H2,1-3H3,(H,18,20). The van der Waals surface area contributed by atoms with Crippen LogP contribution >= 0.6 is 0 Å². The first kappa shape index (κ1) is 15.5. The zero-order valence-corrected chi connectivity index (χ0v) is 13.1. The molecule has 5 nitrogen and oxygen atoms in total. The van der Waals surface area contributed by atoms with Crippen LogP contribution in [0.3, 0.4) is 0 Å². The van der Waals surface area contributed by atoms with Crippen LogP contribution < -0.4 is 20.7 Å². The minimum absolute atomic E-state index is 0.124. The highest BCUT2D eigenvalue weighted by molar-refractivity contribution is 5.78. The van der Waals surface area contributed by atoms with Gasteiger partial charge in [0.25, 0.3) is 0 Å². The van der Waals surface area contributed by atoms with Gasteiger partial charge in [-0.25, -0.2) is 0 Å². The third-order valence-electron chi connectivity index (χ3n) is 3.76. The molecular weight excluding hydrogens is 266 g/mol. The topological polar surface area (TPSA) is 67.6 Å². The summed E-state index contributed by atoms with van der Waals surface area (Å²) in [6.07, 6.45) is 1.86. The molecule has 1 aromatic carbocycles. The monoisotopic (exact) mass is 291 g/mol. The number of ether oxygens (including phenoxy) is 1. The maximum atomic E-state index is 11.7. The maximum absolute atomic E-state index is 11.7. The molecule has 3 N–H and O–H groups in total. The summed E-state index contributed by atoms with van der Waals surface area (Å²) < 4.78 is 5.73. The highest BCUT2D eigenvalue weighted by atomic mass is 16.5. The van der Waals surface area contributed by atoms with Crippen LogP contribution in [0, 0.1) is 5.92 Å². The van der Waals surface area contributed by atoms with Crippen molar-refractivity contribution in [1.82, 2.24) is 5.32 Å². The van der Waals surface area contributed by atoms with Gasteiger partial charge in [0.15, 0.2) is 0 Å². The summed E-state index contributed by atoms with van der Waals surface area (Å²) in [6.45, 7) is 5.72. The smallest absolute Gasteiger partial charge is 0.222 e. The van der Waals surface area contributed by atoms with E-state index in [0.29, 0.717) is 5.69 Å². The van der Waals surface area contributed by atoms with Gasteiger partial charge in [-0.3, -0.25) is 4.79 Å². The lowest BCUT2D eigenvalue weighted by atomic mass is 9.95. The van der Waals surface area contributed by atoms with E-state index >= 15 is 0 Å².